The topological polar surface area (TPSA) is 88.3 Å². The standard InChI is InChI=1S/C21H23ClN4O2/c1-11-19(25-16-8-15(22)9-24-10-16)17-7-14(21(23)28)5-6-18(17)26(12(2)27)20(11)13-3-4-13/h5-11,13,19-20,25H,3-4H2,1-2H3,(H2,23,28)/t11-,19-,20-/m1/s1. The van der Waals surface area contributed by atoms with Crippen LogP contribution in [0.5, 0.6) is 0 Å². The first kappa shape index (κ1) is 18.7. The number of hydrogen-bond acceptors (Lipinski definition) is 4. The van der Waals surface area contributed by atoms with Crippen molar-refractivity contribution in [2.45, 2.75) is 38.8 Å². The highest BCUT2D eigenvalue weighted by Gasteiger charge is 2.47. The molecule has 146 valence electrons. The highest BCUT2D eigenvalue weighted by molar-refractivity contribution is 6.30. The molecule has 6 nitrogen and oxygen atoms in total. The Labute approximate surface area is 169 Å². The minimum atomic E-state index is -0.489. The molecule has 0 spiro atoms. The van der Waals surface area contributed by atoms with Crippen molar-refractivity contribution >= 4 is 34.8 Å². The molecule has 2 aliphatic rings. The van der Waals surface area contributed by atoms with Crippen molar-refractivity contribution in [3.05, 3.63) is 52.8 Å². The van der Waals surface area contributed by atoms with Gasteiger partial charge >= 0.3 is 0 Å². The van der Waals surface area contributed by atoms with Crippen molar-refractivity contribution in [3.8, 4) is 0 Å². The summed E-state index contributed by atoms with van der Waals surface area (Å²) in [5.74, 6) is 0.146. The maximum Gasteiger partial charge on any atom is 0.248 e. The second-order valence-electron chi connectivity index (χ2n) is 7.73. The Bertz CT molecular complexity index is 944. The average Bonchev–Trinajstić information content (AvgIpc) is 3.47. The van der Waals surface area contributed by atoms with E-state index in [-0.39, 0.29) is 23.9 Å². The van der Waals surface area contributed by atoms with Crippen LogP contribution >= 0.6 is 11.6 Å². The molecule has 1 aromatic heterocycles. The highest BCUT2D eigenvalue weighted by Crippen LogP contribution is 2.50. The molecule has 1 aromatic carbocycles. The number of nitrogens with zero attached hydrogens (tertiary/aromatic N) is 2. The van der Waals surface area contributed by atoms with E-state index in [9.17, 15) is 9.59 Å². The molecule has 1 fully saturated rings. The zero-order chi connectivity index (χ0) is 20.0. The number of nitrogens with two attached hydrogens (primary N) is 1. The Kier molecular flexibility index (Phi) is 4.75. The summed E-state index contributed by atoms with van der Waals surface area (Å²) in [4.78, 5) is 30.4. The van der Waals surface area contributed by atoms with Crippen LogP contribution in [-0.4, -0.2) is 22.8 Å². The van der Waals surface area contributed by atoms with Gasteiger partial charge in [-0.2, -0.15) is 0 Å². The van der Waals surface area contributed by atoms with Gasteiger partial charge in [0, 0.05) is 36.3 Å². The number of benzene rings is 1. The van der Waals surface area contributed by atoms with E-state index in [1.54, 1.807) is 31.5 Å². The number of pyridine rings is 1. The summed E-state index contributed by atoms with van der Waals surface area (Å²) < 4.78 is 0. The van der Waals surface area contributed by atoms with E-state index in [2.05, 4.69) is 17.2 Å². The fraction of sp³-hybridized carbons (Fsp3) is 0.381. The molecule has 7 heteroatoms. The molecule has 3 N–H and O–H groups in total. The molecule has 28 heavy (non-hydrogen) atoms. The molecule has 0 saturated heterocycles. The molecule has 2 aromatic rings. The number of primary amides is 1. The van der Waals surface area contributed by atoms with Crippen LogP contribution in [0.25, 0.3) is 0 Å². The summed E-state index contributed by atoms with van der Waals surface area (Å²) in [7, 11) is 0. The number of carbonyl (C=O) groups excluding carboxylic acids is 2. The van der Waals surface area contributed by atoms with Crippen LogP contribution in [0, 0.1) is 11.8 Å². The largest absolute Gasteiger partial charge is 0.377 e. The number of carbonyl (C=O) groups is 2. The summed E-state index contributed by atoms with van der Waals surface area (Å²) in [6.45, 7) is 3.75. The van der Waals surface area contributed by atoms with Gasteiger partial charge in [-0.05, 0) is 48.6 Å². The molecular formula is C21H23ClN4O2. The van der Waals surface area contributed by atoms with Gasteiger partial charge in [0.1, 0.15) is 0 Å². The summed E-state index contributed by atoms with van der Waals surface area (Å²) in [6, 6.07) is 7.15. The first-order valence-electron chi connectivity index (χ1n) is 9.47. The quantitative estimate of drug-likeness (QED) is 0.820. The molecule has 0 bridgehead atoms. The van der Waals surface area contributed by atoms with Crippen molar-refractivity contribution in [1.82, 2.24) is 4.98 Å². The van der Waals surface area contributed by atoms with Crippen LogP contribution in [0.3, 0.4) is 0 Å². The minimum Gasteiger partial charge on any atom is -0.377 e. The van der Waals surface area contributed by atoms with Gasteiger partial charge < -0.3 is 16.0 Å². The summed E-state index contributed by atoms with van der Waals surface area (Å²) in [5.41, 5.74) is 8.45. The molecule has 2 amide bonds. The van der Waals surface area contributed by atoms with Crippen LogP contribution in [0.2, 0.25) is 5.02 Å². The monoisotopic (exact) mass is 398 g/mol. The number of rotatable bonds is 4. The molecule has 3 atom stereocenters. The first-order valence-corrected chi connectivity index (χ1v) is 9.85. The molecular weight excluding hydrogens is 376 g/mol. The van der Waals surface area contributed by atoms with Crippen LogP contribution in [0.15, 0.2) is 36.7 Å². The predicted octanol–water partition coefficient (Wildman–Crippen LogP) is 3.77. The summed E-state index contributed by atoms with van der Waals surface area (Å²) in [5, 5.41) is 4.07. The number of aromatic nitrogens is 1. The van der Waals surface area contributed by atoms with Gasteiger partial charge in [0.2, 0.25) is 11.8 Å². The molecule has 4 rings (SSSR count). The Morgan fingerprint density at radius 3 is 2.61 bits per heavy atom. The van der Waals surface area contributed by atoms with Crippen molar-refractivity contribution < 1.29 is 9.59 Å². The lowest BCUT2D eigenvalue weighted by Crippen LogP contribution is -2.51. The average molecular weight is 399 g/mol. The van der Waals surface area contributed by atoms with Crippen LogP contribution < -0.4 is 16.0 Å². The van der Waals surface area contributed by atoms with Crippen molar-refractivity contribution in [2.24, 2.45) is 17.6 Å². The minimum absolute atomic E-state index is 0.0136. The molecule has 0 unspecified atom stereocenters. The molecule has 1 aliphatic heterocycles. The van der Waals surface area contributed by atoms with Crippen LogP contribution in [0.4, 0.5) is 11.4 Å². The molecule has 0 radical (unpaired) electrons. The normalized spacial score (nSPS) is 23.8. The van der Waals surface area contributed by atoms with Gasteiger partial charge in [0.15, 0.2) is 0 Å². The lowest BCUT2D eigenvalue weighted by molar-refractivity contribution is -0.117. The number of fused-ring (bicyclic) bond motifs is 1. The third kappa shape index (κ3) is 3.33. The van der Waals surface area contributed by atoms with Gasteiger partial charge in [0.25, 0.3) is 0 Å². The van der Waals surface area contributed by atoms with Gasteiger partial charge in [-0.1, -0.05) is 18.5 Å². The van der Waals surface area contributed by atoms with Crippen molar-refractivity contribution in [2.75, 3.05) is 10.2 Å². The van der Waals surface area contributed by atoms with E-state index >= 15 is 0 Å². The number of nitrogens with one attached hydrogen (secondary N) is 1. The van der Waals surface area contributed by atoms with E-state index < -0.39 is 5.91 Å². The maximum atomic E-state index is 12.6. The number of hydrogen-bond donors (Lipinski definition) is 2. The zero-order valence-corrected chi connectivity index (χ0v) is 16.6. The number of halogens is 1. The fourth-order valence-electron chi connectivity index (χ4n) is 4.39. The number of amides is 2. The Morgan fingerprint density at radius 2 is 2.00 bits per heavy atom. The summed E-state index contributed by atoms with van der Waals surface area (Å²) >= 11 is 6.10. The van der Waals surface area contributed by atoms with Gasteiger partial charge in [-0.15, -0.1) is 0 Å². The highest BCUT2D eigenvalue weighted by atomic mass is 35.5. The lowest BCUT2D eigenvalue weighted by atomic mass is 9.79. The SMILES string of the molecule is CC(=O)N1c2ccc(C(N)=O)cc2[C@H](Nc2cncc(Cl)c2)[C@@H](C)[C@@H]1C1CC1. The van der Waals surface area contributed by atoms with Crippen molar-refractivity contribution in [1.29, 1.82) is 0 Å². The second-order valence-corrected chi connectivity index (χ2v) is 8.16. The smallest absolute Gasteiger partial charge is 0.248 e. The lowest BCUT2D eigenvalue weighted by Gasteiger charge is -2.46. The van der Waals surface area contributed by atoms with E-state index in [4.69, 9.17) is 17.3 Å². The van der Waals surface area contributed by atoms with E-state index in [1.807, 2.05) is 17.0 Å². The predicted molar refractivity (Wildman–Crippen MR) is 109 cm³/mol. The zero-order valence-electron chi connectivity index (χ0n) is 15.9. The second kappa shape index (κ2) is 7.09. The summed E-state index contributed by atoms with van der Waals surface area (Å²) in [6.07, 6.45) is 5.55. The molecule has 2 heterocycles. The van der Waals surface area contributed by atoms with Gasteiger partial charge in [-0.3, -0.25) is 14.6 Å². The van der Waals surface area contributed by atoms with Gasteiger partial charge in [-0.25, -0.2) is 0 Å². The van der Waals surface area contributed by atoms with E-state index in [0.29, 0.717) is 16.5 Å². The molecule has 1 aliphatic carbocycles. The third-order valence-electron chi connectivity index (χ3n) is 5.74. The maximum absolute atomic E-state index is 12.6. The fourth-order valence-corrected chi connectivity index (χ4v) is 4.56. The number of anilines is 2. The Balaban J connectivity index is 1.83. The van der Waals surface area contributed by atoms with Gasteiger partial charge in [0.05, 0.1) is 22.9 Å². The molecule has 1 saturated carbocycles. The first-order chi connectivity index (χ1) is 13.4. The Morgan fingerprint density at radius 1 is 1.25 bits per heavy atom. The third-order valence-corrected chi connectivity index (χ3v) is 5.95. The van der Waals surface area contributed by atoms with Crippen LogP contribution in [-0.2, 0) is 4.79 Å². The van der Waals surface area contributed by atoms with Crippen molar-refractivity contribution in [3.63, 3.8) is 0 Å². The Hall–Kier alpha value is -2.60. The van der Waals surface area contributed by atoms with E-state index in [1.165, 1.54) is 0 Å². The van der Waals surface area contributed by atoms with Crippen LogP contribution in [0.1, 0.15) is 48.7 Å². The van der Waals surface area contributed by atoms with E-state index in [0.717, 1.165) is 29.8 Å².